The van der Waals surface area contributed by atoms with Crippen LogP contribution in [0.3, 0.4) is 0 Å². The summed E-state index contributed by atoms with van der Waals surface area (Å²) in [5.74, 6) is 0.487. The fraction of sp³-hybridized carbons (Fsp3) is 0.700. The number of hydrogen-bond donors (Lipinski definition) is 1. The lowest BCUT2D eigenvalue weighted by atomic mass is 9.98. The highest BCUT2D eigenvalue weighted by atomic mass is 16.3. The third-order valence-corrected chi connectivity index (χ3v) is 3.37. The van der Waals surface area contributed by atoms with Gasteiger partial charge >= 0.3 is 0 Å². The predicted molar refractivity (Wildman–Crippen MR) is 45.5 cm³/mol. The van der Waals surface area contributed by atoms with Gasteiger partial charge in [-0.1, -0.05) is 13.8 Å². The number of fused-ring (bicyclic) bond motifs is 1. The Morgan fingerprint density at radius 2 is 2.08 bits per heavy atom. The molecule has 0 amide bonds. The van der Waals surface area contributed by atoms with Gasteiger partial charge in [0.1, 0.15) is 0 Å². The Morgan fingerprint density at radius 3 is 2.67 bits per heavy atom. The van der Waals surface area contributed by atoms with Gasteiger partial charge in [-0.15, -0.1) is 0 Å². The second kappa shape index (κ2) is 1.99. The highest BCUT2D eigenvalue weighted by Crippen LogP contribution is 2.62. The van der Waals surface area contributed by atoms with Crippen LogP contribution in [-0.2, 0) is 4.79 Å². The molecule has 0 aliphatic heterocycles. The van der Waals surface area contributed by atoms with Gasteiger partial charge in [0.15, 0.2) is 5.78 Å². The monoisotopic (exact) mass is 166 g/mol. The smallest absolute Gasteiger partial charge is 0.162 e. The second-order valence-corrected chi connectivity index (χ2v) is 4.53. The molecule has 2 heteroatoms. The zero-order chi connectivity index (χ0) is 9.09. The molecule has 0 spiro atoms. The number of aliphatic hydroxyl groups is 1. The fourth-order valence-electron chi connectivity index (χ4n) is 2.50. The zero-order valence-corrected chi connectivity index (χ0v) is 7.66. The molecule has 66 valence electrons. The Balaban J connectivity index is 2.35. The maximum Gasteiger partial charge on any atom is 0.162 e. The summed E-state index contributed by atoms with van der Waals surface area (Å²) >= 11 is 0. The first-order valence-electron chi connectivity index (χ1n) is 4.37. The number of aliphatic hydroxyl groups excluding tert-OH is 1. The van der Waals surface area contributed by atoms with Crippen LogP contribution in [0.5, 0.6) is 0 Å². The normalized spacial score (nSPS) is 43.5. The van der Waals surface area contributed by atoms with E-state index in [1.54, 1.807) is 13.0 Å². The molecule has 2 aliphatic rings. The number of Topliss-reactive ketones (excluding diaryl/α,β-unsaturated/α-hetero) is 1. The highest BCUT2D eigenvalue weighted by molar-refractivity contribution is 6.00. The molecule has 0 bridgehead atoms. The third kappa shape index (κ3) is 0.761. The van der Waals surface area contributed by atoms with E-state index in [-0.39, 0.29) is 23.0 Å². The van der Waals surface area contributed by atoms with Crippen molar-refractivity contribution in [2.45, 2.75) is 26.9 Å². The molecule has 0 unspecified atom stereocenters. The zero-order valence-electron chi connectivity index (χ0n) is 7.66. The molecular weight excluding hydrogens is 152 g/mol. The SMILES string of the molecule is CC1=C[C@@H](O)[C@H]2[C@@H](C1=O)C2(C)C. The highest BCUT2D eigenvalue weighted by Gasteiger charge is 2.65. The van der Waals surface area contributed by atoms with Gasteiger partial charge < -0.3 is 5.11 Å². The number of rotatable bonds is 0. The van der Waals surface area contributed by atoms with Crippen LogP contribution in [-0.4, -0.2) is 17.0 Å². The van der Waals surface area contributed by atoms with Crippen molar-refractivity contribution in [3.05, 3.63) is 11.6 Å². The van der Waals surface area contributed by atoms with Crippen LogP contribution in [0.25, 0.3) is 0 Å². The fourth-order valence-corrected chi connectivity index (χ4v) is 2.50. The van der Waals surface area contributed by atoms with E-state index in [1.165, 1.54) is 0 Å². The van der Waals surface area contributed by atoms with Gasteiger partial charge in [0.05, 0.1) is 6.10 Å². The van der Waals surface area contributed by atoms with Crippen LogP contribution in [0.2, 0.25) is 0 Å². The minimum absolute atomic E-state index is 0.0186. The van der Waals surface area contributed by atoms with Gasteiger partial charge in [-0.3, -0.25) is 4.79 Å². The van der Waals surface area contributed by atoms with E-state index >= 15 is 0 Å². The molecule has 0 aromatic carbocycles. The predicted octanol–water partition coefficient (Wildman–Crippen LogP) is 1.15. The van der Waals surface area contributed by atoms with Crippen molar-refractivity contribution in [3.63, 3.8) is 0 Å². The molecule has 0 heterocycles. The summed E-state index contributed by atoms with van der Waals surface area (Å²) < 4.78 is 0. The lowest BCUT2D eigenvalue weighted by Crippen LogP contribution is -2.19. The Labute approximate surface area is 72.3 Å². The molecule has 1 saturated carbocycles. The quantitative estimate of drug-likeness (QED) is 0.586. The molecule has 12 heavy (non-hydrogen) atoms. The third-order valence-electron chi connectivity index (χ3n) is 3.37. The second-order valence-electron chi connectivity index (χ2n) is 4.53. The number of carbonyl (C=O) groups is 1. The minimum atomic E-state index is -0.400. The Hall–Kier alpha value is -0.630. The molecule has 0 aromatic rings. The van der Waals surface area contributed by atoms with Gasteiger partial charge in [-0.05, 0) is 24.0 Å². The van der Waals surface area contributed by atoms with Crippen molar-refractivity contribution in [3.8, 4) is 0 Å². The molecule has 2 rings (SSSR count). The number of ketones is 1. The molecule has 2 aliphatic carbocycles. The summed E-state index contributed by atoms with van der Waals surface area (Å²) in [6.45, 7) is 5.89. The summed E-state index contributed by atoms with van der Waals surface area (Å²) in [6.07, 6.45) is 1.29. The summed E-state index contributed by atoms with van der Waals surface area (Å²) in [6, 6.07) is 0. The molecule has 0 aromatic heterocycles. The van der Waals surface area contributed by atoms with E-state index < -0.39 is 6.10 Å². The van der Waals surface area contributed by atoms with Crippen LogP contribution < -0.4 is 0 Å². The standard InChI is InChI=1S/C10H14O2/c1-5-4-6(11)7-8(9(5)12)10(7,2)3/h4,6-8,11H,1-3H3/t6-,7+,8+/m1/s1. The van der Waals surface area contributed by atoms with Crippen molar-refractivity contribution < 1.29 is 9.90 Å². The van der Waals surface area contributed by atoms with Crippen molar-refractivity contribution in [2.75, 3.05) is 0 Å². The molecule has 3 atom stereocenters. The van der Waals surface area contributed by atoms with E-state index in [2.05, 4.69) is 13.8 Å². The number of allylic oxidation sites excluding steroid dienone is 1. The van der Waals surface area contributed by atoms with E-state index in [1.807, 2.05) is 0 Å². The van der Waals surface area contributed by atoms with Gasteiger partial charge in [0, 0.05) is 11.8 Å². The van der Waals surface area contributed by atoms with E-state index in [9.17, 15) is 9.90 Å². The van der Waals surface area contributed by atoms with Crippen molar-refractivity contribution >= 4 is 5.78 Å². The first-order valence-corrected chi connectivity index (χ1v) is 4.37. The molecule has 2 nitrogen and oxygen atoms in total. The minimum Gasteiger partial charge on any atom is -0.389 e. The molecule has 0 saturated heterocycles. The van der Waals surface area contributed by atoms with Crippen LogP contribution in [0, 0.1) is 17.3 Å². The van der Waals surface area contributed by atoms with Crippen LogP contribution in [0.1, 0.15) is 20.8 Å². The molecule has 1 fully saturated rings. The Bertz CT molecular complexity index is 276. The van der Waals surface area contributed by atoms with Gasteiger partial charge in [0.2, 0.25) is 0 Å². The first kappa shape index (κ1) is 7.99. The van der Waals surface area contributed by atoms with E-state index in [0.717, 1.165) is 5.57 Å². The van der Waals surface area contributed by atoms with Crippen molar-refractivity contribution in [2.24, 2.45) is 17.3 Å². The summed E-state index contributed by atoms with van der Waals surface area (Å²) in [7, 11) is 0. The summed E-state index contributed by atoms with van der Waals surface area (Å²) in [5, 5.41) is 9.61. The number of carbonyl (C=O) groups excluding carboxylic acids is 1. The topological polar surface area (TPSA) is 37.3 Å². The van der Waals surface area contributed by atoms with Gasteiger partial charge in [-0.25, -0.2) is 0 Å². The largest absolute Gasteiger partial charge is 0.389 e. The maximum atomic E-state index is 11.5. The van der Waals surface area contributed by atoms with Gasteiger partial charge in [-0.2, -0.15) is 0 Å². The van der Waals surface area contributed by atoms with E-state index in [4.69, 9.17) is 0 Å². The average Bonchev–Trinajstić information content (AvgIpc) is 2.50. The summed E-state index contributed by atoms with van der Waals surface area (Å²) in [4.78, 5) is 11.5. The first-order chi connectivity index (χ1) is 5.46. The van der Waals surface area contributed by atoms with Gasteiger partial charge in [0.25, 0.3) is 0 Å². The number of hydrogen-bond acceptors (Lipinski definition) is 2. The molecule has 1 N–H and O–H groups in total. The average molecular weight is 166 g/mol. The molecular formula is C10H14O2. The summed E-state index contributed by atoms with van der Waals surface area (Å²) in [5.41, 5.74) is 0.749. The Morgan fingerprint density at radius 1 is 1.50 bits per heavy atom. The van der Waals surface area contributed by atoms with Crippen LogP contribution in [0.15, 0.2) is 11.6 Å². The van der Waals surface area contributed by atoms with E-state index in [0.29, 0.717) is 0 Å². The van der Waals surface area contributed by atoms with Crippen LogP contribution >= 0.6 is 0 Å². The molecule has 0 radical (unpaired) electrons. The van der Waals surface area contributed by atoms with Crippen LogP contribution in [0.4, 0.5) is 0 Å². The maximum absolute atomic E-state index is 11.5. The van der Waals surface area contributed by atoms with Crippen molar-refractivity contribution in [1.29, 1.82) is 0 Å². The lowest BCUT2D eigenvalue weighted by Gasteiger charge is -2.11. The van der Waals surface area contributed by atoms with Crippen molar-refractivity contribution in [1.82, 2.24) is 0 Å². The lowest BCUT2D eigenvalue weighted by molar-refractivity contribution is -0.118. The Kier molecular flexibility index (Phi) is 1.33.